The highest BCUT2D eigenvalue weighted by Gasteiger charge is 2.44. The Morgan fingerprint density at radius 2 is 1.25 bits per heavy atom. The number of amides is 1. The molecule has 0 aromatic rings. The second-order valence-corrected chi connectivity index (χ2v) is 15.4. The van der Waals surface area contributed by atoms with Crippen LogP contribution >= 0.6 is 0 Å². The van der Waals surface area contributed by atoms with Crippen molar-refractivity contribution in [3.8, 4) is 0 Å². The fraction of sp³-hybridized carbons (Fsp3) is 0.975. The number of aliphatic hydroxyl groups is 6. The molecule has 2 saturated heterocycles. The zero-order valence-electron chi connectivity index (χ0n) is 32.0. The van der Waals surface area contributed by atoms with Gasteiger partial charge in [-0.2, -0.15) is 0 Å². The number of unbranched alkanes of at least 4 members (excludes halogenated alkanes) is 18. The second kappa shape index (κ2) is 29.5. The van der Waals surface area contributed by atoms with Gasteiger partial charge in [0, 0.05) is 19.6 Å². The molecule has 2 aliphatic heterocycles. The molecule has 2 fully saturated rings. The zero-order chi connectivity index (χ0) is 37.1. The molecule has 1 amide bonds. The van der Waals surface area contributed by atoms with Crippen molar-refractivity contribution >= 4 is 5.91 Å². The predicted octanol–water partition coefficient (Wildman–Crippen LogP) is 5.43. The van der Waals surface area contributed by atoms with Gasteiger partial charge in [0.25, 0.3) is 0 Å². The van der Waals surface area contributed by atoms with E-state index in [1.165, 1.54) is 96.3 Å². The maximum Gasteiger partial charge on any atom is 0.220 e. The number of rotatable bonds is 31. The van der Waals surface area contributed by atoms with Crippen molar-refractivity contribution < 1.29 is 49.6 Å². The minimum absolute atomic E-state index is 0.262. The average molecular weight is 732 g/mol. The van der Waals surface area contributed by atoms with Gasteiger partial charge in [-0.25, -0.2) is 0 Å². The first kappa shape index (κ1) is 46.3. The minimum atomic E-state index is -1.60. The summed E-state index contributed by atoms with van der Waals surface area (Å²) in [5.41, 5.74) is 0. The lowest BCUT2D eigenvalue weighted by Gasteiger charge is -2.40. The number of hydrogen-bond acceptors (Lipinski definition) is 10. The van der Waals surface area contributed by atoms with E-state index >= 15 is 0 Å². The Kier molecular flexibility index (Phi) is 26.7. The standard InChI is InChI=1S/C40H77NO10/c1-2-3-4-5-6-7-8-9-10-14-17-20-23-33(43)36(45)32(30-50-40-39(48)38(47)37(46)34(29-42)51-40)41-35(44)24-21-18-15-12-11-13-16-19-22-31-25-27-49-28-26-31/h31-34,36-40,42-43,45-48H,2-30H2,1H3,(H,41,44)/t32-,33+,34?,36-,37?,38?,39?,40?/m0/s1. The fourth-order valence-electron chi connectivity index (χ4n) is 7.36. The van der Waals surface area contributed by atoms with Gasteiger partial charge in [0.15, 0.2) is 6.29 Å². The molecule has 2 aliphatic rings. The third-order valence-corrected chi connectivity index (χ3v) is 10.9. The van der Waals surface area contributed by atoms with E-state index in [0.29, 0.717) is 12.8 Å². The fourth-order valence-corrected chi connectivity index (χ4v) is 7.36. The molecule has 0 radical (unpaired) electrons. The van der Waals surface area contributed by atoms with E-state index < -0.39 is 55.6 Å². The van der Waals surface area contributed by atoms with Crippen molar-refractivity contribution in [3.05, 3.63) is 0 Å². The molecule has 2 heterocycles. The van der Waals surface area contributed by atoms with Crippen LogP contribution in [0.5, 0.6) is 0 Å². The molecule has 2 rings (SSSR count). The largest absolute Gasteiger partial charge is 0.394 e. The molecule has 7 N–H and O–H groups in total. The normalized spacial score (nSPS) is 24.7. The van der Waals surface area contributed by atoms with Crippen molar-refractivity contribution in [1.82, 2.24) is 5.32 Å². The number of nitrogens with one attached hydrogen (secondary N) is 1. The molecule has 0 saturated carbocycles. The number of carbonyl (C=O) groups excluding carboxylic acids is 1. The molecule has 51 heavy (non-hydrogen) atoms. The van der Waals surface area contributed by atoms with Crippen LogP contribution in [0.4, 0.5) is 0 Å². The highest BCUT2D eigenvalue weighted by Crippen LogP contribution is 2.24. The first-order valence-corrected chi connectivity index (χ1v) is 20.9. The van der Waals surface area contributed by atoms with Crippen LogP contribution in [0.2, 0.25) is 0 Å². The molecule has 11 nitrogen and oxygen atoms in total. The van der Waals surface area contributed by atoms with E-state index in [4.69, 9.17) is 14.2 Å². The number of carbonyl (C=O) groups is 1. The highest BCUT2D eigenvalue weighted by molar-refractivity contribution is 5.76. The number of ether oxygens (including phenoxy) is 3. The van der Waals surface area contributed by atoms with Crippen LogP contribution in [0.3, 0.4) is 0 Å². The van der Waals surface area contributed by atoms with Crippen LogP contribution in [0.1, 0.15) is 167 Å². The van der Waals surface area contributed by atoms with E-state index in [0.717, 1.165) is 64.1 Å². The third kappa shape index (κ3) is 20.4. The maximum absolute atomic E-state index is 12.9. The Morgan fingerprint density at radius 1 is 0.725 bits per heavy atom. The van der Waals surface area contributed by atoms with E-state index in [-0.39, 0.29) is 18.9 Å². The zero-order valence-corrected chi connectivity index (χ0v) is 32.0. The van der Waals surface area contributed by atoms with Crippen LogP contribution in [-0.4, -0.2) is 112 Å². The molecule has 0 aromatic heterocycles. The Bertz CT molecular complexity index is 829. The van der Waals surface area contributed by atoms with Gasteiger partial charge in [-0.05, 0) is 31.6 Å². The Morgan fingerprint density at radius 3 is 1.82 bits per heavy atom. The van der Waals surface area contributed by atoms with Crippen molar-refractivity contribution in [2.45, 2.75) is 216 Å². The minimum Gasteiger partial charge on any atom is -0.394 e. The van der Waals surface area contributed by atoms with Crippen LogP contribution in [0.25, 0.3) is 0 Å². The van der Waals surface area contributed by atoms with Gasteiger partial charge in [-0.1, -0.05) is 135 Å². The molecular formula is C40H77NO10. The van der Waals surface area contributed by atoms with Crippen molar-refractivity contribution in [1.29, 1.82) is 0 Å². The summed E-state index contributed by atoms with van der Waals surface area (Å²) in [6, 6.07) is -0.988. The number of hydrogen-bond donors (Lipinski definition) is 7. The summed E-state index contributed by atoms with van der Waals surface area (Å²) in [7, 11) is 0. The van der Waals surface area contributed by atoms with Gasteiger partial charge < -0.3 is 50.2 Å². The maximum atomic E-state index is 12.9. The average Bonchev–Trinajstić information content (AvgIpc) is 3.14. The SMILES string of the molecule is CCCCCCCCCCCCCC[C@@H](O)[C@@H](O)[C@H](COC1OC(CO)C(O)C(O)C1O)NC(=O)CCCCCCCCCCC1CCOCC1. The second-order valence-electron chi connectivity index (χ2n) is 15.4. The monoisotopic (exact) mass is 732 g/mol. The lowest BCUT2D eigenvalue weighted by molar-refractivity contribution is -0.303. The van der Waals surface area contributed by atoms with Crippen LogP contribution in [-0.2, 0) is 19.0 Å². The topological polar surface area (TPSA) is 178 Å². The van der Waals surface area contributed by atoms with Crippen LogP contribution in [0, 0.1) is 5.92 Å². The van der Waals surface area contributed by atoms with Gasteiger partial charge in [-0.3, -0.25) is 4.79 Å². The summed E-state index contributed by atoms with van der Waals surface area (Å²) < 4.78 is 16.6. The molecule has 0 spiro atoms. The first-order chi connectivity index (χ1) is 24.8. The molecule has 302 valence electrons. The first-order valence-electron chi connectivity index (χ1n) is 20.9. The summed E-state index contributed by atoms with van der Waals surface area (Å²) >= 11 is 0. The van der Waals surface area contributed by atoms with Crippen LogP contribution < -0.4 is 5.32 Å². The lowest BCUT2D eigenvalue weighted by Crippen LogP contribution is -2.60. The highest BCUT2D eigenvalue weighted by atomic mass is 16.7. The molecule has 0 bridgehead atoms. The van der Waals surface area contributed by atoms with E-state index in [1.54, 1.807) is 0 Å². The molecule has 0 aromatic carbocycles. The van der Waals surface area contributed by atoms with E-state index in [1.807, 2.05) is 0 Å². The quantitative estimate of drug-likeness (QED) is 0.0455. The molecule has 11 heteroatoms. The van der Waals surface area contributed by atoms with E-state index in [2.05, 4.69) is 12.2 Å². The molecule has 8 atom stereocenters. The van der Waals surface area contributed by atoms with Crippen molar-refractivity contribution in [2.75, 3.05) is 26.4 Å². The molecular weight excluding hydrogens is 654 g/mol. The van der Waals surface area contributed by atoms with Crippen LogP contribution in [0.15, 0.2) is 0 Å². The Hall–Kier alpha value is -0.890. The van der Waals surface area contributed by atoms with Gasteiger partial charge in [-0.15, -0.1) is 0 Å². The summed E-state index contributed by atoms with van der Waals surface area (Å²) in [5.74, 6) is 0.578. The van der Waals surface area contributed by atoms with Crippen molar-refractivity contribution in [3.63, 3.8) is 0 Å². The summed E-state index contributed by atoms with van der Waals surface area (Å²) in [4.78, 5) is 12.9. The Balaban J connectivity index is 1.70. The van der Waals surface area contributed by atoms with Gasteiger partial charge in [0.2, 0.25) is 5.91 Å². The van der Waals surface area contributed by atoms with Gasteiger partial charge >= 0.3 is 0 Å². The smallest absolute Gasteiger partial charge is 0.220 e. The molecule has 5 unspecified atom stereocenters. The lowest BCUT2D eigenvalue weighted by atomic mass is 9.93. The third-order valence-electron chi connectivity index (χ3n) is 10.9. The number of aliphatic hydroxyl groups excluding tert-OH is 6. The van der Waals surface area contributed by atoms with Gasteiger partial charge in [0.1, 0.15) is 30.5 Å². The predicted molar refractivity (Wildman–Crippen MR) is 199 cm³/mol. The van der Waals surface area contributed by atoms with Crippen molar-refractivity contribution in [2.24, 2.45) is 5.92 Å². The summed E-state index contributed by atoms with van der Waals surface area (Å²) in [6.45, 7) is 3.17. The summed E-state index contributed by atoms with van der Waals surface area (Å²) in [6.07, 6.45) is 17.9. The van der Waals surface area contributed by atoms with Gasteiger partial charge in [0.05, 0.1) is 25.4 Å². The summed E-state index contributed by atoms with van der Waals surface area (Å²) in [5, 5.41) is 65.0. The Labute approximate surface area is 309 Å². The molecule has 0 aliphatic carbocycles. The van der Waals surface area contributed by atoms with E-state index in [9.17, 15) is 35.4 Å².